The smallest absolute Gasteiger partial charge is 0.224 e. The minimum absolute atomic E-state index is 0.0324. The van der Waals surface area contributed by atoms with Crippen LogP contribution in [-0.4, -0.2) is 19.1 Å². The Labute approximate surface area is 114 Å². The van der Waals surface area contributed by atoms with Crippen molar-refractivity contribution < 1.29 is 9.53 Å². The van der Waals surface area contributed by atoms with Crippen molar-refractivity contribution in [3.05, 3.63) is 48.7 Å². The van der Waals surface area contributed by atoms with Crippen molar-refractivity contribution in [2.75, 3.05) is 13.2 Å². The van der Waals surface area contributed by atoms with Gasteiger partial charge in [-0.1, -0.05) is 43.8 Å². The van der Waals surface area contributed by atoms with Crippen molar-refractivity contribution in [3.63, 3.8) is 0 Å². The minimum Gasteiger partial charge on any atom is -0.502 e. The van der Waals surface area contributed by atoms with Gasteiger partial charge in [0, 0.05) is 12.6 Å². The lowest BCUT2D eigenvalue weighted by molar-refractivity contribution is -0.125. The molecule has 0 bridgehead atoms. The van der Waals surface area contributed by atoms with E-state index in [9.17, 15) is 4.79 Å². The van der Waals surface area contributed by atoms with Crippen LogP contribution in [-0.2, 0) is 9.53 Å². The van der Waals surface area contributed by atoms with Gasteiger partial charge in [0.2, 0.25) is 5.91 Å². The number of ether oxygens (including phenoxy) is 1. The van der Waals surface area contributed by atoms with E-state index in [2.05, 4.69) is 11.9 Å². The van der Waals surface area contributed by atoms with Crippen LogP contribution in [0.4, 0.5) is 0 Å². The second-order valence-corrected chi connectivity index (χ2v) is 4.41. The van der Waals surface area contributed by atoms with Crippen molar-refractivity contribution in [3.8, 4) is 0 Å². The molecule has 0 aliphatic heterocycles. The molecule has 0 heterocycles. The fourth-order valence-corrected chi connectivity index (χ4v) is 1.74. The maximum atomic E-state index is 11.9. The van der Waals surface area contributed by atoms with Gasteiger partial charge in [-0.15, -0.1) is 0 Å². The monoisotopic (exact) mass is 262 g/mol. The van der Waals surface area contributed by atoms with Gasteiger partial charge in [0.25, 0.3) is 0 Å². The van der Waals surface area contributed by atoms with Crippen molar-refractivity contribution in [2.45, 2.75) is 19.4 Å². The average Bonchev–Trinajstić information content (AvgIpc) is 2.46. The first-order chi connectivity index (χ1) is 9.16. The van der Waals surface area contributed by atoms with E-state index in [4.69, 9.17) is 10.5 Å². The van der Waals surface area contributed by atoms with Crippen LogP contribution in [0.3, 0.4) is 0 Å². The number of amides is 1. The zero-order valence-corrected chi connectivity index (χ0v) is 11.3. The predicted octanol–water partition coefficient (Wildman–Crippen LogP) is 1.99. The highest BCUT2D eigenvalue weighted by atomic mass is 16.5. The normalized spacial score (nSPS) is 13.4. The van der Waals surface area contributed by atoms with Crippen LogP contribution in [0.1, 0.15) is 24.9 Å². The van der Waals surface area contributed by atoms with E-state index in [1.165, 1.54) is 6.26 Å². The van der Waals surface area contributed by atoms with Crippen LogP contribution in [0.2, 0.25) is 0 Å². The molecule has 2 unspecified atom stereocenters. The highest BCUT2D eigenvalue weighted by Crippen LogP contribution is 2.18. The standard InChI is InChI=1S/C15H22N2O2/c1-3-19-11-7-10-17-15(18)12(2)14(16)13-8-5-4-6-9-13/h3-6,8-9,12,14H,1,7,10-11,16H2,2H3,(H,17,18). The van der Waals surface area contributed by atoms with Crippen LogP contribution >= 0.6 is 0 Å². The first-order valence-electron chi connectivity index (χ1n) is 6.47. The molecule has 0 fully saturated rings. The van der Waals surface area contributed by atoms with Crippen molar-refractivity contribution in [2.24, 2.45) is 11.7 Å². The third kappa shape index (κ3) is 5.14. The summed E-state index contributed by atoms with van der Waals surface area (Å²) in [5.74, 6) is -0.294. The molecule has 4 nitrogen and oxygen atoms in total. The van der Waals surface area contributed by atoms with Crippen molar-refractivity contribution in [1.29, 1.82) is 0 Å². The largest absolute Gasteiger partial charge is 0.502 e. The van der Waals surface area contributed by atoms with E-state index in [-0.39, 0.29) is 17.9 Å². The number of hydrogen-bond donors (Lipinski definition) is 2. The molecule has 2 atom stereocenters. The molecular formula is C15H22N2O2. The molecule has 19 heavy (non-hydrogen) atoms. The van der Waals surface area contributed by atoms with Gasteiger partial charge in [0.1, 0.15) is 0 Å². The van der Waals surface area contributed by atoms with Crippen LogP contribution in [0.15, 0.2) is 43.2 Å². The number of nitrogens with one attached hydrogen (secondary N) is 1. The molecule has 3 N–H and O–H groups in total. The fourth-order valence-electron chi connectivity index (χ4n) is 1.74. The third-order valence-electron chi connectivity index (χ3n) is 2.99. The van der Waals surface area contributed by atoms with Crippen LogP contribution in [0.5, 0.6) is 0 Å². The second kappa shape index (κ2) is 8.32. The summed E-state index contributed by atoms with van der Waals surface area (Å²) in [5.41, 5.74) is 7.06. The maximum absolute atomic E-state index is 11.9. The molecule has 1 aromatic carbocycles. The Morgan fingerprint density at radius 2 is 2.16 bits per heavy atom. The molecule has 1 amide bonds. The lowest BCUT2D eigenvalue weighted by atomic mass is 9.95. The van der Waals surface area contributed by atoms with E-state index < -0.39 is 0 Å². The lowest BCUT2D eigenvalue weighted by Gasteiger charge is -2.19. The van der Waals surface area contributed by atoms with Gasteiger partial charge in [0.15, 0.2) is 0 Å². The Morgan fingerprint density at radius 1 is 1.47 bits per heavy atom. The number of rotatable bonds is 8. The van der Waals surface area contributed by atoms with Crippen molar-refractivity contribution in [1.82, 2.24) is 5.32 Å². The molecule has 0 spiro atoms. The zero-order valence-electron chi connectivity index (χ0n) is 11.3. The fraction of sp³-hybridized carbons (Fsp3) is 0.400. The van der Waals surface area contributed by atoms with Gasteiger partial charge in [0.05, 0.1) is 18.8 Å². The number of benzene rings is 1. The molecule has 0 aliphatic carbocycles. The Kier molecular flexibility index (Phi) is 6.68. The first-order valence-corrected chi connectivity index (χ1v) is 6.47. The second-order valence-electron chi connectivity index (χ2n) is 4.41. The summed E-state index contributed by atoms with van der Waals surface area (Å²) in [6.45, 7) is 6.43. The molecule has 0 aromatic heterocycles. The molecule has 0 aliphatic rings. The molecule has 0 saturated heterocycles. The molecule has 4 heteroatoms. The van der Waals surface area contributed by atoms with Gasteiger partial charge in [-0.3, -0.25) is 4.79 Å². The summed E-state index contributed by atoms with van der Waals surface area (Å²) in [7, 11) is 0. The van der Waals surface area contributed by atoms with Gasteiger partial charge in [-0.2, -0.15) is 0 Å². The summed E-state index contributed by atoms with van der Waals surface area (Å²) in [6.07, 6.45) is 2.15. The summed E-state index contributed by atoms with van der Waals surface area (Å²) in [4.78, 5) is 11.9. The summed E-state index contributed by atoms with van der Waals surface area (Å²) in [5, 5.41) is 2.86. The lowest BCUT2D eigenvalue weighted by Crippen LogP contribution is -2.36. The van der Waals surface area contributed by atoms with Gasteiger partial charge in [-0.25, -0.2) is 0 Å². The third-order valence-corrected chi connectivity index (χ3v) is 2.99. The van der Waals surface area contributed by atoms with E-state index in [1.807, 2.05) is 37.3 Å². The van der Waals surface area contributed by atoms with Crippen LogP contribution < -0.4 is 11.1 Å². The number of nitrogens with two attached hydrogens (primary N) is 1. The predicted molar refractivity (Wildman–Crippen MR) is 76.3 cm³/mol. The highest BCUT2D eigenvalue weighted by molar-refractivity contribution is 5.79. The Bertz CT molecular complexity index is 392. The van der Waals surface area contributed by atoms with Gasteiger partial charge in [-0.05, 0) is 12.0 Å². The van der Waals surface area contributed by atoms with E-state index in [1.54, 1.807) is 0 Å². The topological polar surface area (TPSA) is 64.3 Å². The minimum atomic E-state index is -0.286. The Balaban J connectivity index is 2.37. The van der Waals surface area contributed by atoms with E-state index in [0.29, 0.717) is 13.2 Å². The summed E-state index contributed by atoms with van der Waals surface area (Å²) < 4.78 is 4.98. The quantitative estimate of drug-likeness (QED) is 0.556. The van der Waals surface area contributed by atoms with Crippen molar-refractivity contribution >= 4 is 5.91 Å². The number of carbonyl (C=O) groups is 1. The number of hydrogen-bond acceptors (Lipinski definition) is 3. The zero-order chi connectivity index (χ0) is 14.1. The summed E-state index contributed by atoms with van der Waals surface area (Å²) in [6, 6.07) is 9.36. The van der Waals surface area contributed by atoms with Gasteiger partial charge >= 0.3 is 0 Å². The average molecular weight is 262 g/mol. The van der Waals surface area contributed by atoms with Crippen LogP contribution in [0, 0.1) is 5.92 Å². The van der Waals surface area contributed by atoms with E-state index >= 15 is 0 Å². The molecule has 0 saturated carbocycles. The van der Waals surface area contributed by atoms with Gasteiger partial charge < -0.3 is 15.8 Å². The summed E-state index contributed by atoms with van der Waals surface area (Å²) >= 11 is 0. The molecule has 104 valence electrons. The highest BCUT2D eigenvalue weighted by Gasteiger charge is 2.21. The number of carbonyl (C=O) groups excluding carboxylic acids is 1. The molecule has 0 radical (unpaired) electrons. The first kappa shape index (κ1) is 15.2. The van der Waals surface area contributed by atoms with E-state index in [0.717, 1.165) is 12.0 Å². The van der Waals surface area contributed by atoms with Crippen LogP contribution in [0.25, 0.3) is 0 Å². The maximum Gasteiger partial charge on any atom is 0.224 e. The molecular weight excluding hydrogens is 240 g/mol. The molecule has 1 aromatic rings. The Morgan fingerprint density at radius 3 is 2.79 bits per heavy atom. The SMILES string of the molecule is C=COCCCNC(=O)C(C)C(N)c1ccccc1. The molecule has 1 rings (SSSR count). The Hall–Kier alpha value is -1.81.